The minimum absolute atomic E-state index is 0.0679. The van der Waals surface area contributed by atoms with Crippen molar-refractivity contribution in [2.75, 3.05) is 18.5 Å². The van der Waals surface area contributed by atoms with Crippen LogP contribution in [0.1, 0.15) is 66.4 Å². The minimum atomic E-state index is -0.459. The Balaban J connectivity index is 3.49. The van der Waals surface area contributed by atoms with Crippen molar-refractivity contribution in [1.82, 2.24) is 9.97 Å². The number of halogens is 1. The predicted molar refractivity (Wildman–Crippen MR) is 91.9 cm³/mol. The van der Waals surface area contributed by atoms with Gasteiger partial charge in [-0.05, 0) is 43.1 Å². The molecule has 5 heteroatoms. The summed E-state index contributed by atoms with van der Waals surface area (Å²) in [6.45, 7) is 16.2. The van der Waals surface area contributed by atoms with Gasteiger partial charge < -0.3 is 10.1 Å². The molecule has 21 heavy (non-hydrogen) atoms. The molecule has 0 spiro atoms. The Morgan fingerprint density at radius 3 is 2.14 bits per heavy atom. The van der Waals surface area contributed by atoms with Gasteiger partial charge in [0.1, 0.15) is 11.4 Å². The molecule has 0 radical (unpaired) electrons. The van der Waals surface area contributed by atoms with Crippen LogP contribution in [0.3, 0.4) is 0 Å². The number of hydrogen-bond donors (Lipinski definition) is 1. The first-order chi connectivity index (χ1) is 9.69. The van der Waals surface area contributed by atoms with Gasteiger partial charge in [-0.1, -0.05) is 27.7 Å². The van der Waals surface area contributed by atoms with Gasteiger partial charge in [0.05, 0.1) is 10.2 Å². The van der Waals surface area contributed by atoms with Gasteiger partial charge in [-0.2, -0.15) is 0 Å². The molecule has 0 aliphatic rings. The van der Waals surface area contributed by atoms with Crippen LogP contribution in [0.4, 0.5) is 5.82 Å². The van der Waals surface area contributed by atoms with Crippen molar-refractivity contribution in [2.45, 2.75) is 65.9 Å². The van der Waals surface area contributed by atoms with Crippen LogP contribution in [0.5, 0.6) is 0 Å². The van der Waals surface area contributed by atoms with E-state index in [1.165, 1.54) is 0 Å². The zero-order valence-corrected chi connectivity index (χ0v) is 15.9. The summed E-state index contributed by atoms with van der Waals surface area (Å²) in [5, 5.41) is 3.31. The van der Waals surface area contributed by atoms with Gasteiger partial charge in [0.15, 0.2) is 5.82 Å². The first kappa shape index (κ1) is 18.4. The third-order valence-corrected chi connectivity index (χ3v) is 4.27. The zero-order chi connectivity index (χ0) is 16.3. The second-order valence-electron chi connectivity index (χ2n) is 6.36. The smallest absolute Gasteiger partial charge is 0.162 e. The first-order valence-corrected chi connectivity index (χ1v) is 8.45. The number of nitrogens with one attached hydrogen (secondary N) is 1. The van der Waals surface area contributed by atoms with Gasteiger partial charge in [-0.15, -0.1) is 0 Å². The Kier molecular flexibility index (Phi) is 6.17. The maximum Gasteiger partial charge on any atom is 0.162 e. The lowest BCUT2D eigenvalue weighted by atomic mass is 9.91. The quantitative estimate of drug-likeness (QED) is 0.805. The summed E-state index contributed by atoms with van der Waals surface area (Å²) in [6, 6.07) is 0. The number of hydrogen-bond acceptors (Lipinski definition) is 4. The normalized spacial score (nSPS) is 14.9. The average molecular weight is 358 g/mol. The second-order valence-corrected chi connectivity index (χ2v) is 7.15. The van der Waals surface area contributed by atoms with Crippen molar-refractivity contribution < 1.29 is 4.74 Å². The Morgan fingerprint density at radius 1 is 1.10 bits per heavy atom. The SMILES string of the molecule is CCNc1nc(C(C)(CC)OCC)nc(C(C)(C)C)c1Br. The number of anilines is 1. The summed E-state index contributed by atoms with van der Waals surface area (Å²) in [4.78, 5) is 9.53. The molecule has 0 saturated heterocycles. The highest BCUT2D eigenvalue weighted by Crippen LogP contribution is 2.36. The molecule has 0 bridgehead atoms. The third-order valence-electron chi connectivity index (χ3n) is 3.52. The topological polar surface area (TPSA) is 47.0 Å². The van der Waals surface area contributed by atoms with E-state index in [2.05, 4.69) is 62.8 Å². The highest BCUT2D eigenvalue weighted by molar-refractivity contribution is 9.10. The minimum Gasteiger partial charge on any atom is -0.369 e. The maximum absolute atomic E-state index is 5.94. The van der Waals surface area contributed by atoms with Crippen LogP contribution >= 0.6 is 15.9 Å². The molecule has 0 amide bonds. The third kappa shape index (κ3) is 4.16. The molecule has 0 saturated carbocycles. The standard InChI is InChI=1S/C16H28BrN3O/c1-8-16(7,21-10-3)14-19-12(15(4,5)6)11(17)13(20-14)18-9-2/h8-10H2,1-7H3,(H,18,19,20). The van der Waals surface area contributed by atoms with E-state index in [1.807, 2.05) is 6.92 Å². The maximum atomic E-state index is 5.94. The molecule has 1 N–H and O–H groups in total. The summed E-state index contributed by atoms with van der Waals surface area (Å²) in [5.41, 5.74) is 0.476. The summed E-state index contributed by atoms with van der Waals surface area (Å²) in [6.07, 6.45) is 0.831. The summed E-state index contributed by atoms with van der Waals surface area (Å²) in [7, 11) is 0. The molecule has 1 unspecified atom stereocenters. The van der Waals surface area contributed by atoms with Crippen LogP contribution in [0.25, 0.3) is 0 Å². The molecule has 1 aromatic heterocycles. The lowest BCUT2D eigenvalue weighted by Crippen LogP contribution is -2.30. The van der Waals surface area contributed by atoms with Crippen molar-refractivity contribution in [3.05, 3.63) is 16.0 Å². The van der Waals surface area contributed by atoms with E-state index in [0.717, 1.165) is 34.8 Å². The van der Waals surface area contributed by atoms with Gasteiger partial charge in [-0.25, -0.2) is 9.97 Å². The summed E-state index contributed by atoms with van der Waals surface area (Å²) < 4.78 is 6.88. The Hall–Kier alpha value is -0.680. The molecule has 1 rings (SSSR count). The molecule has 4 nitrogen and oxygen atoms in total. The van der Waals surface area contributed by atoms with Gasteiger partial charge in [0.25, 0.3) is 0 Å². The number of ether oxygens (including phenoxy) is 1. The molecule has 0 aliphatic heterocycles. The van der Waals surface area contributed by atoms with Crippen LogP contribution in [-0.2, 0) is 15.8 Å². The van der Waals surface area contributed by atoms with E-state index in [9.17, 15) is 0 Å². The van der Waals surface area contributed by atoms with Crippen LogP contribution < -0.4 is 5.32 Å². The average Bonchev–Trinajstić information content (AvgIpc) is 2.40. The van der Waals surface area contributed by atoms with E-state index in [4.69, 9.17) is 14.7 Å². The molecular formula is C16H28BrN3O. The fourth-order valence-corrected chi connectivity index (χ4v) is 3.02. The number of nitrogens with zero attached hydrogens (tertiary/aromatic N) is 2. The lowest BCUT2D eigenvalue weighted by Gasteiger charge is -2.30. The Morgan fingerprint density at radius 2 is 1.71 bits per heavy atom. The van der Waals surface area contributed by atoms with E-state index in [-0.39, 0.29) is 5.41 Å². The first-order valence-electron chi connectivity index (χ1n) is 7.65. The van der Waals surface area contributed by atoms with Crippen molar-refractivity contribution in [3.63, 3.8) is 0 Å². The predicted octanol–water partition coefficient (Wildman–Crippen LogP) is 4.63. The molecule has 1 heterocycles. The van der Waals surface area contributed by atoms with E-state index in [1.54, 1.807) is 0 Å². The van der Waals surface area contributed by atoms with Crippen LogP contribution in [0, 0.1) is 0 Å². The number of aromatic nitrogens is 2. The fourth-order valence-electron chi connectivity index (χ4n) is 2.11. The monoisotopic (exact) mass is 357 g/mol. The zero-order valence-electron chi connectivity index (χ0n) is 14.3. The molecule has 0 aliphatic carbocycles. The summed E-state index contributed by atoms with van der Waals surface area (Å²) in [5.74, 6) is 1.59. The molecule has 1 aromatic rings. The fraction of sp³-hybridized carbons (Fsp3) is 0.750. The summed E-state index contributed by atoms with van der Waals surface area (Å²) >= 11 is 3.65. The van der Waals surface area contributed by atoms with Crippen LogP contribution in [-0.4, -0.2) is 23.1 Å². The van der Waals surface area contributed by atoms with E-state index < -0.39 is 5.60 Å². The van der Waals surface area contributed by atoms with Crippen molar-refractivity contribution in [3.8, 4) is 0 Å². The van der Waals surface area contributed by atoms with Gasteiger partial charge in [-0.3, -0.25) is 0 Å². The Bertz CT molecular complexity index is 485. The van der Waals surface area contributed by atoms with Crippen molar-refractivity contribution >= 4 is 21.7 Å². The van der Waals surface area contributed by atoms with E-state index >= 15 is 0 Å². The van der Waals surface area contributed by atoms with Gasteiger partial charge in [0.2, 0.25) is 0 Å². The Labute approximate surface area is 137 Å². The van der Waals surface area contributed by atoms with Gasteiger partial charge >= 0.3 is 0 Å². The highest BCUT2D eigenvalue weighted by atomic mass is 79.9. The van der Waals surface area contributed by atoms with Crippen molar-refractivity contribution in [2.24, 2.45) is 0 Å². The van der Waals surface area contributed by atoms with Crippen LogP contribution in [0.2, 0.25) is 0 Å². The molecular weight excluding hydrogens is 330 g/mol. The molecule has 0 fully saturated rings. The van der Waals surface area contributed by atoms with Crippen molar-refractivity contribution in [1.29, 1.82) is 0 Å². The molecule has 0 aromatic carbocycles. The molecule has 120 valence electrons. The van der Waals surface area contributed by atoms with E-state index in [0.29, 0.717) is 6.61 Å². The van der Waals surface area contributed by atoms with Gasteiger partial charge in [0, 0.05) is 18.6 Å². The lowest BCUT2D eigenvalue weighted by molar-refractivity contribution is -0.0392. The highest BCUT2D eigenvalue weighted by Gasteiger charge is 2.32. The largest absolute Gasteiger partial charge is 0.369 e. The van der Waals surface area contributed by atoms with Crippen LogP contribution in [0.15, 0.2) is 4.47 Å². The second kappa shape index (κ2) is 7.05. The molecule has 1 atom stereocenters. The number of rotatable bonds is 6.